The van der Waals surface area contributed by atoms with Crippen molar-refractivity contribution in [2.24, 2.45) is 13.0 Å². The Balaban J connectivity index is 1.55. The molecule has 2 aliphatic heterocycles. The lowest BCUT2D eigenvalue weighted by molar-refractivity contribution is -0.134. The number of aryl methyl sites for hydroxylation is 2. The Hall–Kier alpha value is -1.36. The summed E-state index contributed by atoms with van der Waals surface area (Å²) in [5, 5.41) is 4.44. The van der Waals surface area contributed by atoms with Gasteiger partial charge in [-0.2, -0.15) is 5.10 Å². The average molecular weight is 318 g/mol. The molecule has 0 spiro atoms. The Kier molecular flexibility index (Phi) is 5.05. The van der Waals surface area contributed by atoms with E-state index in [4.69, 9.17) is 0 Å². The van der Waals surface area contributed by atoms with Gasteiger partial charge in [-0.05, 0) is 58.0 Å². The first-order valence-corrected chi connectivity index (χ1v) is 9.03. The summed E-state index contributed by atoms with van der Waals surface area (Å²) in [6.07, 6.45) is 8.23. The van der Waals surface area contributed by atoms with E-state index in [1.54, 1.807) is 6.92 Å². The number of carbonyl (C=O) groups excluding carboxylic acids is 1. The molecule has 1 unspecified atom stereocenters. The van der Waals surface area contributed by atoms with Crippen LogP contribution in [0.2, 0.25) is 0 Å². The van der Waals surface area contributed by atoms with Crippen LogP contribution in [0.4, 0.5) is 0 Å². The summed E-state index contributed by atoms with van der Waals surface area (Å²) in [7, 11) is 1.99. The first kappa shape index (κ1) is 16.5. The number of hydrogen-bond donors (Lipinski definition) is 0. The van der Waals surface area contributed by atoms with Crippen molar-refractivity contribution in [3.05, 3.63) is 17.5 Å². The van der Waals surface area contributed by atoms with Gasteiger partial charge < -0.3 is 4.90 Å². The van der Waals surface area contributed by atoms with E-state index < -0.39 is 0 Å². The highest BCUT2D eigenvalue weighted by Gasteiger charge is 2.33. The lowest BCUT2D eigenvalue weighted by atomic mass is 9.83. The molecule has 0 N–H and O–H groups in total. The number of hydrogen-bond acceptors (Lipinski definition) is 3. The monoisotopic (exact) mass is 318 g/mol. The van der Waals surface area contributed by atoms with Crippen LogP contribution in [0, 0.1) is 12.8 Å². The average Bonchev–Trinajstić information content (AvgIpc) is 2.85. The summed E-state index contributed by atoms with van der Waals surface area (Å²) < 4.78 is 1.91. The minimum Gasteiger partial charge on any atom is -0.340 e. The van der Waals surface area contributed by atoms with E-state index in [1.807, 2.05) is 11.7 Å². The van der Waals surface area contributed by atoms with Gasteiger partial charge in [0.15, 0.2) is 0 Å². The van der Waals surface area contributed by atoms with Gasteiger partial charge >= 0.3 is 0 Å². The van der Waals surface area contributed by atoms with Gasteiger partial charge in [0.2, 0.25) is 5.91 Å². The van der Waals surface area contributed by atoms with E-state index in [1.165, 1.54) is 37.7 Å². The highest BCUT2D eigenvalue weighted by atomic mass is 16.2. The van der Waals surface area contributed by atoms with Crippen molar-refractivity contribution < 1.29 is 4.79 Å². The number of rotatable bonds is 3. The van der Waals surface area contributed by atoms with Crippen LogP contribution in [0.3, 0.4) is 0 Å². The molecule has 0 radical (unpaired) electrons. The summed E-state index contributed by atoms with van der Waals surface area (Å²) in [5.74, 6) is 0.952. The van der Waals surface area contributed by atoms with Gasteiger partial charge in [-0.15, -0.1) is 0 Å². The van der Waals surface area contributed by atoms with E-state index in [9.17, 15) is 4.79 Å². The van der Waals surface area contributed by atoms with E-state index in [0.29, 0.717) is 12.0 Å². The lowest BCUT2D eigenvalue weighted by Gasteiger charge is -2.43. The van der Waals surface area contributed by atoms with Gasteiger partial charge in [-0.25, -0.2) is 0 Å². The molecule has 3 rings (SSSR count). The van der Waals surface area contributed by atoms with E-state index >= 15 is 0 Å². The van der Waals surface area contributed by atoms with Crippen molar-refractivity contribution in [3.63, 3.8) is 0 Å². The van der Waals surface area contributed by atoms with Crippen LogP contribution in [0.5, 0.6) is 0 Å². The molecule has 1 atom stereocenters. The van der Waals surface area contributed by atoms with Crippen molar-refractivity contribution in [2.45, 2.75) is 58.5 Å². The number of amides is 1. The molecule has 128 valence electrons. The molecule has 0 bridgehead atoms. The summed E-state index contributed by atoms with van der Waals surface area (Å²) in [6.45, 7) is 8.08. The van der Waals surface area contributed by atoms with E-state index in [-0.39, 0.29) is 5.91 Å². The molecule has 5 heteroatoms. The number of likely N-dealkylation sites (tertiary alicyclic amines) is 2. The maximum absolute atomic E-state index is 11.9. The fourth-order valence-corrected chi connectivity index (χ4v) is 4.38. The van der Waals surface area contributed by atoms with Crippen LogP contribution in [-0.4, -0.2) is 51.2 Å². The minimum absolute atomic E-state index is 0.267. The van der Waals surface area contributed by atoms with Crippen LogP contribution in [0.15, 0.2) is 6.20 Å². The van der Waals surface area contributed by atoms with Gasteiger partial charge in [0, 0.05) is 44.9 Å². The standard InChI is InChI=1S/C18H30N4O/c1-14-17(12-20(3)19-14)13-21-10-7-16(8-11-21)18-6-4-5-9-22(18)15(2)23/h12,16,18H,4-11,13H2,1-3H3. The highest BCUT2D eigenvalue weighted by molar-refractivity contribution is 5.73. The fourth-order valence-electron chi connectivity index (χ4n) is 4.38. The smallest absolute Gasteiger partial charge is 0.219 e. The second-order valence-electron chi connectivity index (χ2n) is 7.30. The molecule has 1 amide bonds. The second kappa shape index (κ2) is 7.04. The first-order valence-electron chi connectivity index (χ1n) is 9.03. The van der Waals surface area contributed by atoms with Crippen LogP contribution in [0.25, 0.3) is 0 Å². The second-order valence-corrected chi connectivity index (χ2v) is 7.30. The van der Waals surface area contributed by atoms with Crippen LogP contribution in [0.1, 0.15) is 50.3 Å². The van der Waals surface area contributed by atoms with Crippen molar-refractivity contribution in [1.82, 2.24) is 19.6 Å². The summed E-state index contributed by atoms with van der Waals surface area (Å²) in [6, 6.07) is 0.489. The number of aromatic nitrogens is 2. The first-order chi connectivity index (χ1) is 11.0. The zero-order valence-corrected chi connectivity index (χ0v) is 14.8. The van der Waals surface area contributed by atoms with E-state index in [0.717, 1.165) is 31.9 Å². The summed E-state index contributed by atoms with van der Waals surface area (Å²) in [5.41, 5.74) is 2.48. The third kappa shape index (κ3) is 3.77. The Morgan fingerprint density at radius 2 is 1.96 bits per heavy atom. The normalized spacial score (nSPS) is 24.1. The molecule has 0 aromatic carbocycles. The highest BCUT2D eigenvalue weighted by Crippen LogP contribution is 2.31. The molecular weight excluding hydrogens is 288 g/mol. The van der Waals surface area contributed by atoms with Crippen molar-refractivity contribution >= 4 is 5.91 Å². The maximum atomic E-state index is 11.9. The number of carbonyl (C=O) groups is 1. The molecule has 3 heterocycles. The van der Waals surface area contributed by atoms with Crippen molar-refractivity contribution in [2.75, 3.05) is 19.6 Å². The molecule has 23 heavy (non-hydrogen) atoms. The van der Waals surface area contributed by atoms with Crippen LogP contribution in [-0.2, 0) is 18.4 Å². The van der Waals surface area contributed by atoms with Gasteiger partial charge in [-0.3, -0.25) is 14.4 Å². The van der Waals surface area contributed by atoms with Gasteiger partial charge in [-0.1, -0.05) is 0 Å². The third-order valence-corrected chi connectivity index (χ3v) is 5.64. The Bertz CT molecular complexity index is 545. The Labute approximate surface area is 139 Å². The summed E-state index contributed by atoms with van der Waals surface area (Å²) >= 11 is 0. The van der Waals surface area contributed by atoms with Crippen molar-refractivity contribution in [3.8, 4) is 0 Å². The van der Waals surface area contributed by atoms with Gasteiger partial charge in [0.1, 0.15) is 0 Å². The molecule has 5 nitrogen and oxygen atoms in total. The molecule has 1 aromatic heterocycles. The lowest BCUT2D eigenvalue weighted by Crippen LogP contribution is -2.49. The van der Waals surface area contributed by atoms with Crippen molar-refractivity contribution in [1.29, 1.82) is 0 Å². The van der Waals surface area contributed by atoms with E-state index in [2.05, 4.69) is 28.0 Å². The Morgan fingerprint density at radius 3 is 2.57 bits per heavy atom. The van der Waals surface area contributed by atoms with Crippen LogP contribution < -0.4 is 0 Å². The molecule has 2 aliphatic rings. The molecule has 0 aliphatic carbocycles. The predicted octanol–water partition coefficient (Wildman–Crippen LogP) is 2.34. The predicted molar refractivity (Wildman–Crippen MR) is 91.0 cm³/mol. The molecule has 2 fully saturated rings. The molecule has 1 aromatic rings. The quantitative estimate of drug-likeness (QED) is 0.859. The van der Waals surface area contributed by atoms with Gasteiger partial charge in [0.05, 0.1) is 5.69 Å². The summed E-state index contributed by atoms with van der Waals surface area (Å²) in [4.78, 5) is 16.6. The fraction of sp³-hybridized carbons (Fsp3) is 0.778. The number of piperidine rings is 2. The zero-order valence-electron chi connectivity index (χ0n) is 14.8. The SMILES string of the molecule is CC(=O)N1CCCCC1C1CCN(Cc2cn(C)nc2C)CC1. The van der Waals surface area contributed by atoms with Gasteiger partial charge in [0.25, 0.3) is 0 Å². The molecule has 0 saturated carbocycles. The van der Waals surface area contributed by atoms with Crippen LogP contribution >= 0.6 is 0 Å². The Morgan fingerprint density at radius 1 is 1.22 bits per heavy atom. The number of nitrogens with zero attached hydrogens (tertiary/aromatic N) is 4. The topological polar surface area (TPSA) is 41.4 Å². The minimum atomic E-state index is 0.267. The molecular formula is C18H30N4O. The largest absolute Gasteiger partial charge is 0.340 e. The third-order valence-electron chi connectivity index (χ3n) is 5.64. The molecule has 2 saturated heterocycles. The zero-order chi connectivity index (χ0) is 16.4. The maximum Gasteiger partial charge on any atom is 0.219 e.